The van der Waals surface area contributed by atoms with E-state index in [1.165, 1.54) is 7.11 Å². The van der Waals surface area contributed by atoms with E-state index in [2.05, 4.69) is 10.5 Å². The highest BCUT2D eigenvalue weighted by atomic mass is 16.5. The summed E-state index contributed by atoms with van der Waals surface area (Å²) < 4.78 is 9.64. The Morgan fingerprint density at radius 1 is 1.62 bits per heavy atom. The number of nitrogens with one attached hydrogen (secondary N) is 1. The summed E-state index contributed by atoms with van der Waals surface area (Å²) in [4.78, 5) is 11.4. The predicted octanol–water partition coefficient (Wildman–Crippen LogP) is 1.27. The van der Waals surface area contributed by atoms with Crippen LogP contribution in [-0.2, 0) is 16.1 Å². The van der Waals surface area contributed by atoms with Crippen molar-refractivity contribution in [1.82, 2.24) is 10.5 Å². The lowest BCUT2D eigenvalue weighted by Gasteiger charge is -2.21. The highest BCUT2D eigenvalue weighted by Gasteiger charge is 2.28. The Labute approximate surface area is 95.1 Å². The standard InChI is InChI=1S/C11H18N2O3/c1-8-5-9(13-16-8)6-12-7-11(2,3)10(14)15-4/h5,12H,6-7H2,1-4H3. The maximum absolute atomic E-state index is 11.4. The van der Waals surface area contributed by atoms with Crippen LogP contribution in [0.1, 0.15) is 25.3 Å². The lowest BCUT2D eigenvalue weighted by molar-refractivity contribution is -0.150. The zero-order chi connectivity index (χ0) is 12.2. The molecule has 0 aliphatic rings. The molecule has 1 aromatic heterocycles. The molecule has 0 saturated heterocycles. The van der Waals surface area contributed by atoms with Gasteiger partial charge in [0.25, 0.3) is 0 Å². The van der Waals surface area contributed by atoms with Crippen molar-refractivity contribution in [2.24, 2.45) is 5.41 Å². The number of carbonyl (C=O) groups excluding carboxylic acids is 1. The van der Waals surface area contributed by atoms with Crippen molar-refractivity contribution in [3.8, 4) is 0 Å². The van der Waals surface area contributed by atoms with Gasteiger partial charge in [0.1, 0.15) is 5.76 Å². The van der Waals surface area contributed by atoms with Gasteiger partial charge in [-0.15, -0.1) is 0 Å². The second-order valence-electron chi connectivity index (χ2n) is 4.41. The fraction of sp³-hybridized carbons (Fsp3) is 0.636. The summed E-state index contributed by atoms with van der Waals surface area (Å²) in [6.07, 6.45) is 0. The van der Waals surface area contributed by atoms with E-state index in [0.717, 1.165) is 11.5 Å². The largest absolute Gasteiger partial charge is 0.469 e. The van der Waals surface area contributed by atoms with Gasteiger partial charge in [-0.3, -0.25) is 4.79 Å². The lowest BCUT2D eigenvalue weighted by atomic mass is 9.94. The number of aromatic nitrogens is 1. The van der Waals surface area contributed by atoms with Gasteiger partial charge in [-0.25, -0.2) is 0 Å². The molecule has 0 saturated carbocycles. The van der Waals surface area contributed by atoms with Crippen LogP contribution in [0.5, 0.6) is 0 Å². The Balaban J connectivity index is 2.38. The van der Waals surface area contributed by atoms with Gasteiger partial charge in [-0.2, -0.15) is 0 Å². The third kappa shape index (κ3) is 3.34. The zero-order valence-corrected chi connectivity index (χ0v) is 10.2. The van der Waals surface area contributed by atoms with Crippen LogP contribution in [0.4, 0.5) is 0 Å². The van der Waals surface area contributed by atoms with E-state index >= 15 is 0 Å². The van der Waals surface area contributed by atoms with Crippen LogP contribution < -0.4 is 5.32 Å². The molecule has 1 rings (SSSR count). The van der Waals surface area contributed by atoms with Crippen LogP contribution in [0.3, 0.4) is 0 Å². The molecule has 0 bridgehead atoms. The Hall–Kier alpha value is -1.36. The Morgan fingerprint density at radius 3 is 2.81 bits per heavy atom. The van der Waals surface area contributed by atoms with E-state index in [9.17, 15) is 4.79 Å². The predicted molar refractivity (Wildman–Crippen MR) is 58.7 cm³/mol. The topological polar surface area (TPSA) is 64.4 Å². The van der Waals surface area contributed by atoms with E-state index in [0.29, 0.717) is 13.1 Å². The summed E-state index contributed by atoms with van der Waals surface area (Å²) in [6, 6.07) is 1.86. The normalized spacial score (nSPS) is 11.5. The van der Waals surface area contributed by atoms with E-state index in [-0.39, 0.29) is 5.97 Å². The molecule has 5 heteroatoms. The molecule has 1 aromatic rings. The number of carbonyl (C=O) groups is 1. The van der Waals surface area contributed by atoms with Crippen molar-refractivity contribution in [3.05, 3.63) is 17.5 Å². The molecule has 0 unspecified atom stereocenters. The van der Waals surface area contributed by atoms with Gasteiger partial charge in [-0.05, 0) is 20.8 Å². The monoisotopic (exact) mass is 226 g/mol. The molecule has 5 nitrogen and oxygen atoms in total. The molecule has 0 fully saturated rings. The molecule has 0 aromatic carbocycles. The fourth-order valence-corrected chi connectivity index (χ4v) is 1.35. The summed E-state index contributed by atoms with van der Waals surface area (Å²) in [5.41, 5.74) is 0.297. The van der Waals surface area contributed by atoms with Gasteiger partial charge in [0.05, 0.1) is 18.2 Å². The quantitative estimate of drug-likeness (QED) is 0.766. The van der Waals surface area contributed by atoms with Gasteiger partial charge in [0.15, 0.2) is 0 Å². The van der Waals surface area contributed by atoms with Gasteiger partial charge in [-0.1, -0.05) is 5.16 Å². The Morgan fingerprint density at radius 2 is 2.31 bits per heavy atom. The van der Waals surface area contributed by atoms with Crippen molar-refractivity contribution in [1.29, 1.82) is 0 Å². The molecule has 0 aliphatic heterocycles. The van der Waals surface area contributed by atoms with Crippen molar-refractivity contribution in [2.45, 2.75) is 27.3 Å². The molecule has 0 amide bonds. The summed E-state index contributed by atoms with van der Waals surface area (Å²) >= 11 is 0. The van der Waals surface area contributed by atoms with Crippen LogP contribution in [0, 0.1) is 12.3 Å². The SMILES string of the molecule is COC(=O)C(C)(C)CNCc1cc(C)on1. The van der Waals surface area contributed by atoms with Crippen LogP contribution in [0.15, 0.2) is 10.6 Å². The average molecular weight is 226 g/mol. The minimum absolute atomic E-state index is 0.226. The summed E-state index contributed by atoms with van der Waals surface area (Å²) in [5, 5.41) is 6.99. The number of nitrogens with zero attached hydrogens (tertiary/aromatic N) is 1. The van der Waals surface area contributed by atoms with E-state index in [1.807, 2.05) is 26.8 Å². The number of rotatable bonds is 5. The Bertz CT molecular complexity index is 358. The van der Waals surface area contributed by atoms with Crippen LogP contribution >= 0.6 is 0 Å². The lowest BCUT2D eigenvalue weighted by Crippen LogP contribution is -2.36. The Kier molecular flexibility index (Phi) is 4.06. The third-order valence-corrected chi connectivity index (χ3v) is 2.29. The highest BCUT2D eigenvalue weighted by molar-refractivity contribution is 5.76. The van der Waals surface area contributed by atoms with Gasteiger partial charge >= 0.3 is 5.97 Å². The summed E-state index contributed by atoms with van der Waals surface area (Å²) in [5.74, 6) is 0.556. The molecule has 1 heterocycles. The first kappa shape index (κ1) is 12.7. The number of methoxy groups -OCH3 is 1. The molecule has 0 aliphatic carbocycles. The minimum Gasteiger partial charge on any atom is -0.469 e. The molecular weight excluding hydrogens is 208 g/mol. The summed E-state index contributed by atoms with van der Waals surface area (Å²) in [6.45, 7) is 6.62. The van der Waals surface area contributed by atoms with Gasteiger partial charge < -0.3 is 14.6 Å². The zero-order valence-electron chi connectivity index (χ0n) is 10.2. The van der Waals surface area contributed by atoms with Gasteiger partial charge in [0, 0.05) is 19.2 Å². The molecule has 0 atom stereocenters. The molecule has 16 heavy (non-hydrogen) atoms. The molecule has 90 valence electrons. The second kappa shape index (κ2) is 5.12. The smallest absolute Gasteiger partial charge is 0.312 e. The number of aryl methyl sites for hydroxylation is 1. The maximum atomic E-state index is 11.4. The summed E-state index contributed by atoms with van der Waals surface area (Å²) in [7, 11) is 1.39. The highest BCUT2D eigenvalue weighted by Crippen LogP contribution is 2.15. The van der Waals surface area contributed by atoms with Crippen molar-refractivity contribution >= 4 is 5.97 Å². The second-order valence-corrected chi connectivity index (χ2v) is 4.41. The van der Waals surface area contributed by atoms with Crippen molar-refractivity contribution in [3.63, 3.8) is 0 Å². The van der Waals surface area contributed by atoms with Crippen molar-refractivity contribution < 1.29 is 14.1 Å². The third-order valence-electron chi connectivity index (χ3n) is 2.29. The molecule has 0 spiro atoms. The first-order valence-corrected chi connectivity index (χ1v) is 5.17. The van der Waals surface area contributed by atoms with Crippen LogP contribution in [0.2, 0.25) is 0 Å². The first-order valence-electron chi connectivity index (χ1n) is 5.17. The molecule has 0 radical (unpaired) electrons. The number of hydrogen-bond donors (Lipinski definition) is 1. The van der Waals surface area contributed by atoms with Gasteiger partial charge in [0.2, 0.25) is 0 Å². The van der Waals surface area contributed by atoms with Crippen molar-refractivity contribution in [2.75, 3.05) is 13.7 Å². The average Bonchev–Trinajstić information content (AvgIpc) is 2.62. The van der Waals surface area contributed by atoms with Crippen LogP contribution in [-0.4, -0.2) is 24.8 Å². The van der Waals surface area contributed by atoms with Crippen LogP contribution in [0.25, 0.3) is 0 Å². The van der Waals surface area contributed by atoms with E-state index in [4.69, 9.17) is 9.26 Å². The van der Waals surface area contributed by atoms with E-state index in [1.54, 1.807) is 0 Å². The minimum atomic E-state index is -0.534. The number of ether oxygens (including phenoxy) is 1. The number of esters is 1. The fourth-order valence-electron chi connectivity index (χ4n) is 1.35. The number of hydrogen-bond acceptors (Lipinski definition) is 5. The maximum Gasteiger partial charge on any atom is 0.312 e. The van der Waals surface area contributed by atoms with E-state index < -0.39 is 5.41 Å². The molecule has 1 N–H and O–H groups in total. The molecular formula is C11H18N2O3. The first-order chi connectivity index (χ1) is 7.45.